The average Bonchev–Trinajstić information content (AvgIpc) is 3.27. The van der Waals surface area contributed by atoms with Crippen molar-refractivity contribution in [1.82, 2.24) is 20.1 Å². The Labute approximate surface area is 196 Å². The number of nitrogens with zero attached hydrogens (tertiary/aromatic N) is 2. The van der Waals surface area contributed by atoms with Gasteiger partial charge in [0, 0.05) is 50.2 Å². The molecule has 1 aliphatic heterocycles. The van der Waals surface area contributed by atoms with Gasteiger partial charge in [-0.1, -0.05) is 30.3 Å². The average molecular weight is 464 g/mol. The van der Waals surface area contributed by atoms with E-state index in [0.29, 0.717) is 40.7 Å². The molecule has 4 N–H and O–H groups in total. The van der Waals surface area contributed by atoms with Gasteiger partial charge in [0.25, 0.3) is 5.91 Å². The van der Waals surface area contributed by atoms with E-state index in [2.05, 4.69) is 10.3 Å². The Kier molecular flexibility index (Phi) is 6.36. The van der Waals surface area contributed by atoms with E-state index >= 15 is 4.39 Å². The number of hydrogen-bond acceptors (Lipinski definition) is 3. The molecule has 1 aromatic heterocycles. The molecule has 0 fully saturated rings. The van der Waals surface area contributed by atoms with Gasteiger partial charge in [-0.2, -0.15) is 0 Å². The lowest BCUT2D eigenvalue weighted by atomic mass is 9.99. The summed E-state index contributed by atoms with van der Waals surface area (Å²) in [6.07, 6.45) is 2.52. The minimum absolute atomic E-state index is 0.237. The zero-order chi connectivity index (χ0) is 24.4. The van der Waals surface area contributed by atoms with Crippen LogP contribution in [0, 0.1) is 5.82 Å². The molecule has 4 rings (SSSR count). The van der Waals surface area contributed by atoms with Gasteiger partial charge < -0.3 is 25.8 Å². The molecule has 0 bridgehead atoms. The van der Waals surface area contributed by atoms with Gasteiger partial charge in [0.15, 0.2) is 5.82 Å². The number of nitrogens with one attached hydrogen (secondary N) is 2. The highest BCUT2D eigenvalue weighted by Crippen LogP contribution is 2.29. The third kappa shape index (κ3) is 4.63. The molecule has 0 radical (unpaired) electrons. The largest absolute Gasteiger partial charge is 0.366 e. The second-order valence-corrected chi connectivity index (χ2v) is 8.44. The minimum Gasteiger partial charge on any atom is -0.366 e. The Morgan fingerprint density at radius 3 is 2.71 bits per heavy atom. The molecule has 8 nitrogen and oxygen atoms in total. The highest BCUT2D eigenvalue weighted by atomic mass is 19.1. The molecule has 176 valence electrons. The van der Waals surface area contributed by atoms with Crippen LogP contribution in [0.25, 0.3) is 16.5 Å². The quantitative estimate of drug-likeness (QED) is 0.541. The molecule has 3 aromatic rings. The number of aromatic amines is 1. The van der Waals surface area contributed by atoms with Gasteiger partial charge in [-0.3, -0.25) is 9.59 Å². The smallest absolute Gasteiger partial charge is 0.317 e. The summed E-state index contributed by atoms with van der Waals surface area (Å²) >= 11 is 0. The highest BCUT2D eigenvalue weighted by Gasteiger charge is 2.22. The summed E-state index contributed by atoms with van der Waals surface area (Å²) in [5, 5.41) is 3.45. The SMILES string of the molecule is CN(C)C(=O)c1cc2ccc(C3=CCCN(C(=O)NCc4cccc(C(N)=O)c4)C3)c(F)c2[nH]1. The summed E-state index contributed by atoms with van der Waals surface area (Å²) in [6, 6.07) is 11.6. The molecule has 0 saturated heterocycles. The molecule has 0 unspecified atom stereocenters. The lowest BCUT2D eigenvalue weighted by molar-refractivity contribution is 0.0822. The van der Waals surface area contributed by atoms with Crippen LogP contribution in [0.3, 0.4) is 0 Å². The van der Waals surface area contributed by atoms with E-state index in [0.717, 1.165) is 5.56 Å². The van der Waals surface area contributed by atoms with Gasteiger partial charge >= 0.3 is 6.03 Å². The fourth-order valence-electron chi connectivity index (χ4n) is 4.01. The number of hydrogen-bond donors (Lipinski definition) is 3. The van der Waals surface area contributed by atoms with E-state index in [-0.39, 0.29) is 30.5 Å². The first kappa shape index (κ1) is 23.0. The molecule has 1 aliphatic rings. The molecule has 4 amide bonds. The van der Waals surface area contributed by atoms with Gasteiger partial charge in [0.2, 0.25) is 5.91 Å². The van der Waals surface area contributed by atoms with Crippen molar-refractivity contribution in [3.05, 3.63) is 76.7 Å². The van der Waals surface area contributed by atoms with Crippen molar-refractivity contribution in [2.45, 2.75) is 13.0 Å². The Balaban J connectivity index is 1.48. The lowest BCUT2D eigenvalue weighted by Crippen LogP contribution is -2.42. The zero-order valence-corrected chi connectivity index (χ0v) is 19.0. The monoisotopic (exact) mass is 463 g/mol. The number of carbonyl (C=O) groups excluding carboxylic acids is 3. The van der Waals surface area contributed by atoms with E-state index in [4.69, 9.17) is 5.73 Å². The van der Waals surface area contributed by atoms with Crippen molar-refractivity contribution in [2.24, 2.45) is 5.73 Å². The van der Waals surface area contributed by atoms with Crippen LogP contribution in [0.5, 0.6) is 0 Å². The topological polar surface area (TPSA) is 112 Å². The van der Waals surface area contributed by atoms with Crippen LogP contribution < -0.4 is 11.1 Å². The fraction of sp³-hybridized carbons (Fsp3) is 0.240. The van der Waals surface area contributed by atoms with Gasteiger partial charge in [-0.05, 0) is 35.8 Å². The number of amides is 4. The summed E-state index contributed by atoms with van der Waals surface area (Å²) in [6.45, 7) is 0.991. The van der Waals surface area contributed by atoms with Crippen LogP contribution in [-0.2, 0) is 6.54 Å². The molecule has 2 aromatic carbocycles. The minimum atomic E-state index is -0.529. The van der Waals surface area contributed by atoms with E-state index < -0.39 is 11.7 Å². The second kappa shape index (κ2) is 9.38. The number of aromatic nitrogens is 1. The van der Waals surface area contributed by atoms with Gasteiger partial charge in [-0.25, -0.2) is 9.18 Å². The van der Waals surface area contributed by atoms with Crippen molar-refractivity contribution in [1.29, 1.82) is 0 Å². The lowest BCUT2D eigenvalue weighted by Gasteiger charge is -2.28. The molecule has 0 saturated carbocycles. The van der Waals surface area contributed by atoms with Crippen LogP contribution in [-0.4, -0.2) is 59.8 Å². The van der Waals surface area contributed by atoms with Crippen molar-refractivity contribution >= 4 is 34.3 Å². The summed E-state index contributed by atoms with van der Waals surface area (Å²) in [5.41, 5.74) is 8.11. The summed E-state index contributed by atoms with van der Waals surface area (Å²) in [4.78, 5) is 42.3. The van der Waals surface area contributed by atoms with Gasteiger partial charge in [0.05, 0.1) is 5.52 Å². The third-order valence-corrected chi connectivity index (χ3v) is 5.81. The normalized spacial score (nSPS) is 13.5. The zero-order valence-electron chi connectivity index (χ0n) is 19.0. The summed E-state index contributed by atoms with van der Waals surface area (Å²) in [7, 11) is 3.27. The van der Waals surface area contributed by atoms with E-state index in [1.54, 1.807) is 61.5 Å². The van der Waals surface area contributed by atoms with E-state index in [1.807, 2.05) is 6.08 Å². The predicted molar refractivity (Wildman–Crippen MR) is 128 cm³/mol. The Morgan fingerprint density at radius 1 is 1.18 bits per heavy atom. The number of halogens is 1. The number of H-pyrrole nitrogens is 1. The molecule has 2 heterocycles. The number of rotatable bonds is 5. The molecular weight excluding hydrogens is 437 g/mol. The molecule has 0 aliphatic carbocycles. The number of benzene rings is 2. The molecule has 9 heteroatoms. The van der Waals surface area contributed by atoms with Crippen LogP contribution in [0.4, 0.5) is 9.18 Å². The maximum absolute atomic E-state index is 15.4. The fourth-order valence-corrected chi connectivity index (χ4v) is 4.01. The standard InChI is InChI=1S/C25H26FN5O3/c1-30(2)24(33)20-12-16-8-9-19(21(26)22(16)29-20)18-7-4-10-31(14-18)25(34)28-13-15-5-3-6-17(11-15)23(27)32/h3,5-9,11-12,29H,4,10,13-14H2,1-2H3,(H2,27,32)(H,28,34). The first-order valence-electron chi connectivity index (χ1n) is 10.9. The number of fused-ring (bicyclic) bond motifs is 1. The van der Waals surface area contributed by atoms with Crippen molar-refractivity contribution in [2.75, 3.05) is 27.2 Å². The molecule has 0 atom stereocenters. The van der Waals surface area contributed by atoms with Crippen molar-refractivity contribution < 1.29 is 18.8 Å². The van der Waals surface area contributed by atoms with E-state index in [9.17, 15) is 14.4 Å². The number of carbonyl (C=O) groups is 3. The highest BCUT2D eigenvalue weighted by molar-refractivity contribution is 5.98. The summed E-state index contributed by atoms with van der Waals surface area (Å²) in [5.74, 6) is -1.22. The Morgan fingerprint density at radius 2 is 1.97 bits per heavy atom. The van der Waals surface area contributed by atoms with Crippen molar-refractivity contribution in [3.63, 3.8) is 0 Å². The predicted octanol–water partition coefficient (Wildman–Crippen LogP) is 3.11. The third-order valence-electron chi connectivity index (χ3n) is 5.81. The second-order valence-electron chi connectivity index (χ2n) is 8.44. The molecular formula is C25H26FN5O3. The first-order valence-corrected chi connectivity index (χ1v) is 10.9. The molecule has 0 spiro atoms. The van der Waals surface area contributed by atoms with Gasteiger partial charge in [-0.15, -0.1) is 0 Å². The van der Waals surface area contributed by atoms with Crippen molar-refractivity contribution in [3.8, 4) is 0 Å². The Bertz CT molecular complexity index is 1310. The maximum Gasteiger partial charge on any atom is 0.317 e. The number of primary amides is 1. The van der Waals surface area contributed by atoms with Crippen LogP contribution in [0.2, 0.25) is 0 Å². The van der Waals surface area contributed by atoms with Crippen LogP contribution in [0.15, 0.2) is 48.5 Å². The first-order chi connectivity index (χ1) is 16.2. The molecule has 34 heavy (non-hydrogen) atoms. The van der Waals surface area contributed by atoms with Crippen LogP contribution in [0.1, 0.15) is 38.4 Å². The number of urea groups is 1. The van der Waals surface area contributed by atoms with Gasteiger partial charge in [0.1, 0.15) is 5.69 Å². The van der Waals surface area contributed by atoms with Crippen LogP contribution >= 0.6 is 0 Å². The van der Waals surface area contributed by atoms with E-state index in [1.165, 1.54) is 4.90 Å². The summed E-state index contributed by atoms with van der Waals surface area (Å²) < 4.78 is 15.4. The maximum atomic E-state index is 15.4. The number of nitrogens with two attached hydrogens (primary N) is 1. The Hall–Kier alpha value is -4.14.